The van der Waals surface area contributed by atoms with Gasteiger partial charge in [0.1, 0.15) is 5.82 Å². The number of anilines is 4. The van der Waals surface area contributed by atoms with Crippen LogP contribution in [0.15, 0.2) is 54.6 Å². The highest BCUT2D eigenvalue weighted by atomic mass is 32.2. The van der Waals surface area contributed by atoms with Crippen molar-refractivity contribution in [3.05, 3.63) is 66.0 Å². The Morgan fingerprint density at radius 1 is 0.967 bits per heavy atom. The van der Waals surface area contributed by atoms with E-state index in [0.717, 1.165) is 11.4 Å². The minimum atomic E-state index is -0.0758. The molecule has 3 rings (SSSR count). The summed E-state index contributed by atoms with van der Waals surface area (Å²) in [6.45, 7) is 6.48. The fourth-order valence-electron chi connectivity index (χ4n) is 2.69. The molecule has 0 aliphatic heterocycles. The minimum Gasteiger partial charge on any atom is -0.368 e. The van der Waals surface area contributed by atoms with Gasteiger partial charge < -0.3 is 16.4 Å². The average molecular weight is 423 g/mol. The molecule has 0 aliphatic carbocycles. The van der Waals surface area contributed by atoms with E-state index in [1.54, 1.807) is 0 Å². The maximum atomic E-state index is 12.2. The second kappa shape index (κ2) is 9.58. The Kier molecular flexibility index (Phi) is 6.89. The van der Waals surface area contributed by atoms with Gasteiger partial charge in [-0.2, -0.15) is 15.0 Å². The molecule has 0 spiro atoms. The van der Waals surface area contributed by atoms with Gasteiger partial charge in [-0.05, 0) is 35.2 Å². The lowest BCUT2D eigenvalue weighted by atomic mass is 9.87. The van der Waals surface area contributed by atoms with E-state index in [0.29, 0.717) is 17.5 Å². The third-order valence-corrected chi connectivity index (χ3v) is 5.16. The van der Waals surface area contributed by atoms with Crippen molar-refractivity contribution in [1.82, 2.24) is 15.0 Å². The van der Waals surface area contributed by atoms with Crippen molar-refractivity contribution in [1.29, 1.82) is 0 Å². The lowest BCUT2D eigenvalue weighted by Crippen LogP contribution is -2.15. The Morgan fingerprint density at radius 2 is 1.67 bits per heavy atom. The van der Waals surface area contributed by atoms with Gasteiger partial charge in [-0.3, -0.25) is 4.79 Å². The first kappa shape index (κ1) is 21.6. The molecule has 4 N–H and O–H groups in total. The fraction of sp³-hybridized carbons (Fsp3) is 0.273. The van der Waals surface area contributed by atoms with E-state index in [4.69, 9.17) is 5.73 Å². The van der Waals surface area contributed by atoms with Gasteiger partial charge in [-0.1, -0.05) is 51.1 Å². The van der Waals surface area contributed by atoms with Crippen LogP contribution in [0.25, 0.3) is 0 Å². The number of aromatic nitrogens is 3. The molecule has 1 heterocycles. The quantitative estimate of drug-likeness (QED) is 0.519. The molecule has 0 radical (unpaired) electrons. The molecule has 8 heteroatoms. The maximum Gasteiger partial charge on any atom is 0.234 e. The topological polar surface area (TPSA) is 106 Å². The van der Waals surface area contributed by atoms with Crippen LogP contribution in [0, 0.1) is 0 Å². The van der Waals surface area contributed by atoms with Gasteiger partial charge in [-0.15, -0.1) is 11.8 Å². The summed E-state index contributed by atoms with van der Waals surface area (Å²) in [7, 11) is 0. The van der Waals surface area contributed by atoms with Gasteiger partial charge in [-0.25, -0.2) is 0 Å². The predicted octanol–water partition coefficient (Wildman–Crippen LogP) is 4.37. The van der Waals surface area contributed by atoms with Gasteiger partial charge in [0.15, 0.2) is 0 Å². The zero-order chi connectivity index (χ0) is 21.6. The molecule has 0 bridgehead atoms. The van der Waals surface area contributed by atoms with E-state index < -0.39 is 0 Å². The summed E-state index contributed by atoms with van der Waals surface area (Å²) in [4.78, 5) is 24.9. The molecular weight excluding hydrogens is 396 g/mol. The summed E-state index contributed by atoms with van der Waals surface area (Å²) in [5.41, 5.74) is 8.75. The lowest BCUT2D eigenvalue weighted by molar-refractivity contribution is -0.113. The van der Waals surface area contributed by atoms with Crippen LogP contribution >= 0.6 is 11.8 Å². The summed E-state index contributed by atoms with van der Waals surface area (Å²) < 4.78 is 0. The Labute approximate surface area is 180 Å². The molecule has 0 fully saturated rings. The number of para-hydroxylation sites is 1. The van der Waals surface area contributed by atoms with Crippen molar-refractivity contribution in [2.75, 3.05) is 22.1 Å². The highest BCUT2D eigenvalue weighted by molar-refractivity contribution is 7.99. The molecular formula is C22H26N6OS. The van der Waals surface area contributed by atoms with Crippen LogP contribution in [0.4, 0.5) is 23.3 Å². The summed E-state index contributed by atoms with van der Waals surface area (Å²) in [5.74, 6) is 1.71. The standard InChI is InChI=1S/C22H26N6OS/c1-22(2,3)15-9-11-17(12-10-15)24-19(29)14-30-13-18-26-20(23)28-21(27-18)25-16-7-5-4-6-8-16/h4-12H,13-14H2,1-3H3,(H,24,29)(H3,23,25,26,27,28). The van der Waals surface area contributed by atoms with E-state index in [1.165, 1.54) is 17.3 Å². The Bertz CT molecular complexity index is 987. The molecule has 3 aromatic rings. The van der Waals surface area contributed by atoms with E-state index in [1.807, 2.05) is 54.6 Å². The average Bonchev–Trinajstić information content (AvgIpc) is 2.68. The SMILES string of the molecule is CC(C)(C)c1ccc(NC(=O)CSCc2nc(N)nc(Nc3ccccc3)n2)cc1. The van der Waals surface area contributed by atoms with Crippen molar-refractivity contribution in [2.45, 2.75) is 31.9 Å². The van der Waals surface area contributed by atoms with E-state index in [2.05, 4.69) is 46.4 Å². The molecule has 156 valence electrons. The van der Waals surface area contributed by atoms with Crippen LogP contribution in [0.5, 0.6) is 0 Å². The second-order valence-electron chi connectivity index (χ2n) is 7.79. The zero-order valence-corrected chi connectivity index (χ0v) is 18.2. The van der Waals surface area contributed by atoms with Gasteiger partial charge in [0.05, 0.1) is 11.5 Å². The van der Waals surface area contributed by atoms with Crippen molar-refractivity contribution in [2.24, 2.45) is 0 Å². The molecule has 0 unspecified atom stereocenters. The first-order valence-electron chi connectivity index (χ1n) is 9.60. The van der Waals surface area contributed by atoms with Crippen LogP contribution < -0.4 is 16.4 Å². The monoisotopic (exact) mass is 422 g/mol. The first-order valence-corrected chi connectivity index (χ1v) is 10.8. The van der Waals surface area contributed by atoms with Gasteiger partial charge in [0, 0.05) is 11.4 Å². The third kappa shape index (κ3) is 6.45. The largest absolute Gasteiger partial charge is 0.368 e. The van der Waals surface area contributed by atoms with Crippen molar-refractivity contribution < 1.29 is 4.79 Å². The molecule has 0 atom stereocenters. The molecule has 0 saturated carbocycles. The van der Waals surface area contributed by atoms with Crippen molar-refractivity contribution in [3.63, 3.8) is 0 Å². The predicted molar refractivity (Wildman–Crippen MR) is 124 cm³/mol. The highest BCUT2D eigenvalue weighted by Gasteiger charge is 2.13. The number of nitrogens with zero attached hydrogens (tertiary/aromatic N) is 3. The van der Waals surface area contributed by atoms with Gasteiger partial charge >= 0.3 is 0 Å². The molecule has 2 aromatic carbocycles. The number of hydrogen-bond acceptors (Lipinski definition) is 7. The van der Waals surface area contributed by atoms with E-state index in [9.17, 15) is 4.79 Å². The second-order valence-corrected chi connectivity index (χ2v) is 8.78. The number of nitrogen functional groups attached to an aromatic ring is 1. The summed E-state index contributed by atoms with van der Waals surface area (Å²) >= 11 is 1.42. The molecule has 1 amide bonds. The smallest absolute Gasteiger partial charge is 0.234 e. The number of hydrogen-bond donors (Lipinski definition) is 3. The van der Waals surface area contributed by atoms with Gasteiger partial charge in [0.2, 0.25) is 17.8 Å². The number of benzene rings is 2. The Morgan fingerprint density at radius 3 is 2.33 bits per heavy atom. The lowest BCUT2D eigenvalue weighted by Gasteiger charge is -2.19. The molecule has 0 aliphatic rings. The van der Waals surface area contributed by atoms with Crippen LogP contribution in [-0.4, -0.2) is 26.6 Å². The molecule has 0 saturated heterocycles. The summed E-state index contributed by atoms with van der Waals surface area (Å²) in [6.07, 6.45) is 0. The summed E-state index contributed by atoms with van der Waals surface area (Å²) in [5, 5.41) is 6.01. The van der Waals surface area contributed by atoms with Crippen molar-refractivity contribution in [3.8, 4) is 0 Å². The first-order chi connectivity index (χ1) is 14.3. The number of nitrogens with two attached hydrogens (primary N) is 1. The van der Waals surface area contributed by atoms with Crippen LogP contribution in [0.2, 0.25) is 0 Å². The number of amides is 1. The highest BCUT2D eigenvalue weighted by Crippen LogP contribution is 2.23. The fourth-order valence-corrected chi connectivity index (χ4v) is 3.37. The molecule has 7 nitrogen and oxygen atoms in total. The maximum absolute atomic E-state index is 12.2. The van der Waals surface area contributed by atoms with E-state index in [-0.39, 0.29) is 23.0 Å². The van der Waals surface area contributed by atoms with Crippen LogP contribution in [0.3, 0.4) is 0 Å². The summed E-state index contributed by atoms with van der Waals surface area (Å²) in [6, 6.07) is 17.5. The number of thioether (sulfide) groups is 1. The molecule has 1 aromatic heterocycles. The van der Waals surface area contributed by atoms with E-state index >= 15 is 0 Å². The number of carbonyl (C=O) groups excluding carboxylic acids is 1. The third-order valence-electron chi connectivity index (χ3n) is 4.23. The molecule has 30 heavy (non-hydrogen) atoms. The minimum absolute atomic E-state index is 0.0758. The Hall–Kier alpha value is -3.13. The van der Waals surface area contributed by atoms with Crippen LogP contribution in [0.1, 0.15) is 32.2 Å². The number of nitrogens with one attached hydrogen (secondary N) is 2. The number of carbonyl (C=O) groups is 1. The zero-order valence-electron chi connectivity index (χ0n) is 17.3. The Balaban J connectivity index is 1.51. The van der Waals surface area contributed by atoms with Gasteiger partial charge in [0.25, 0.3) is 0 Å². The number of rotatable bonds is 7. The van der Waals surface area contributed by atoms with Crippen LogP contribution in [-0.2, 0) is 16.0 Å². The normalized spacial score (nSPS) is 11.2. The van der Waals surface area contributed by atoms with Crippen molar-refractivity contribution >= 4 is 40.9 Å².